The van der Waals surface area contributed by atoms with Crippen molar-refractivity contribution in [1.29, 1.82) is 0 Å². The average Bonchev–Trinajstić information content (AvgIpc) is 3.04. The fraction of sp³-hybridized carbons (Fsp3) is 0.400. The average molecular weight is 374 g/mol. The molecule has 5 nitrogen and oxygen atoms in total. The Morgan fingerprint density at radius 3 is 2.93 bits per heavy atom. The van der Waals surface area contributed by atoms with Crippen LogP contribution in [0.25, 0.3) is 0 Å². The summed E-state index contributed by atoms with van der Waals surface area (Å²) in [4.78, 5) is 18.0. The number of rotatable bonds is 5. The van der Waals surface area contributed by atoms with Gasteiger partial charge in [-0.25, -0.2) is 13.8 Å². The van der Waals surface area contributed by atoms with Gasteiger partial charge in [-0.2, -0.15) is 0 Å². The number of aromatic nitrogens is 1. The molecule has 0 bridgehead atoms. The summed E-state index contributed by atoms with van der Waals surface area (Å²) in [6.45, 7) is 1.82. The molecule has 0 radical (unpaired) electrons. The molecule has 7 heteroatoms. The van der Waals surface area contributed by atoms with Crippen LogP contribution < -0.4 is 4.74 Å². The van der Waals surface area contributed by atoms with E-state index in [4.69, 9.17) is 9.47 Å². The lowest BCUT2D eigenvalue weighted by molar-refractivity contribution is -0.166. The first-order chi connectivity index (χ1) is 13.1. The van der Waals surface area contributed by atoms with Crippen molar-refractivity contribution in [2.24, 2.45) is 5.92 Å². The maximum Gasteiger partial charge on any atom is 0.250 e. The largest absolute Gasteiger partial charge is 0.475 e. The van der Waals surface area contributed by atoms with E-state index >= 15 is 0 Å². The minimum Gasteiger partial charge on any atom is -0.475 e. The zero-order valence-corrected chi connectivity index (χ0v) is 14.7. The summed E-state index contributed by atoms with van der Waals surface area (Å²) in [6.07, 6.45) is 2.43. The van der Waals surface area contributed by atoms with Gasteiger partial charge in [0.1, 0.15) is 11.4 Å². The number of ether oxygens (including phenoxy) is 2. The number of hydrogen-bond donors (Lipinski definition) is 0. The van der Waals surface area contributed by atoms with Crippen LogP contribution in [0.3, 0.4) is 0 Å². The third kappa shape index (κ3) is 3.64. The SMILES string of the molecule is O=C(Cc1cccc(F)c1)N1CC2(C1)OCCC2COc1ncccc1F. The lowest BCUT2D eigenvalue weighted by atomic mass is 9.81. The minimum atomic E-state index is -0.494. The fourth-order valence-corrected chi connectivity index (χ4v) is 3.74. The van der Waals surface area contributed by atoms with Gasteiger partial charge < -0.3 is 14.4 Å². The zero-order valence-electron chi connectivity index (χ0n) is 14.7. The summed E-state index contributed by atoms with van der Waals surface area (Å²) in [5, 5.41) is 0. The molecule has 2 saturated heterocycles. The number of pyridine rings is 1. The van der Waals surface area contributed by atoms with E-state index in [1.165, 1.54) is 30.5 Å². The Morgan fingerprint density at radius 1 is 1.30 bits per heavy atom. The van der Waals surface area contributed by atoms with Crippen molar-refractivity contribution in [3.63, 3.8) is 0 Å². The topological polar surface area (TPSA) is 51.7 Å². The number of amides is 1. The van der Waals surface area contributed by atoms with Gasteiger partial charge in [0.25, 0.3) is 0 Å². The van der Waals surface area contributed by atoms with Crippen LogP contribution in [0.5, 0.6) is 5.88 Å². The van der Waals surface area contributed by atoms with Crippen molar-refractivity contribution in [2.45, 2.75) is 18.4 Å². The number of likely N-dealkylation sites (tertiary alicyclic amines) is 1. The van der Waals surface area contributed by atoms with Gasteiger partial charge in [-0.15, -0.1) is 0 Å². The number of benzene rings is 1. The van der Waals surface area contributed by atoms with E-state index in [2.05, 4.69) is 4.98 Å². The molecule has 1 amide bonds. The van der Waals surface area contributed by atoms with E-state index in [0.29, 0.717) is 31.9 Å². The Bertz CT molecular complexity index is 839. The van der Waals surface area contributed by atoms with Crippen LogP contribution in [-0.4, -0.2) is 47.7 Å². The molecule has 0 N–H and O–H groups in total. The first-order valence-electron chi connectivity index (χ1n) is 8.95. The van der Waals surface area contributed by atoms with Gasteiger partial charge in [0, 0.05) is 18.7 Å². The maximum absolute atomic E-state index is 13.7. The second kappa shape index (κ2) is 7.23. The van der Waals surface area contributed by atoms with Gasteiger partial charge >= 0.3 is 0 Å². The number of halogens is 2. The van der Waals surface area contributed by atoms with Crippen molar-refractivity contribution >= 4 is 5.91 Å². The van der Waals surface area contributed by atoms with Gasteiger partial charge in [0.15, 0.2) is 5.82 Å². The molecule has 1 atom stereocenters. The molecular weight excluding hydrogens is 354 g/mol. The molecule has 1 aromatic carbocycles. The van der Waals surface area contributed by atoms with E-state index in [-0.39, 0.29) is 29.9 Å². The second-order valence-electron chi connectivity index (χ2n) is 7.06. The van der Waals surface area contributed by atoms with Crippen LogP contribution in [0.15, 0.2) is 42.6 Å². The van der Waals surface area contributed by atoms with E-state index in [1.807, 2.05) is 0 Å². The van der Waals surface area contributed by atoms with Crippen LogP contribution in [0.2, 0.25) is 0 Å². The highest BCUT2D eigenvalue weighted by molar-refractivity contribution is 5.80. The molecular formula is C20H20F2N2O3. The van der Waals surface area contributed by atoms with Gasteiger partial charge in [-0.3, -0.25) is 4.79 Å². The standard InChI is InChI=1S/C20H20F2N2O3/c21-16-4-1-3-14(9-16)10-18(25)24-12-20(13-24)15(6-8-27-20)11-26-19-17(22)5-2-7-23-19/h1-5,7,9,15H,6,8,10-13H2. The van der Waals surface area contributed by atoms with E-state index in [0.717, 1.165) is 6.42 Å². The summed E-state index contributed by atoms with van der Waals surface area (Å²) in [6, 6.07) is 8.88. The smallest absolute Gasteiger partial charge is 0.250 e. The fourth-order valence-electron chi connectivity index (χ4n) is 3.74. The van der Waals surface area contributed by atoms with Crippen LogP contribution in [-0.2, 0) is 16.0 Å². The van der Waals surface area contributed by atoms with Crippen molar-refractivity contribution in [3.8, 4) is 5.88 Å². The summed E-state index contributed by atoms with van der Waals surface area (Å²) in [5.74, 6) is -0.850. The van der Waals surface area contributed by atoms with Crippen LogP contribution in [0, 0.1) is 17.6 Å². The summed E-state index contributed by atoms with van der Waals surface area (Å²) in [7, 11) is 0. The summed E-state index contributed by atoms with van der Waals surface area (Å²) >= 11 is 0. The lowest BCUT2D eigenvalue weighted by Gasteiger charge is -2.50. The normalized spacial score (nSPS) is 20.5. The van der Waals surface area contributed by atoms with Gasteiger partial charge in [0.2, 0.25) is 11.8 Å². The van der Waals surface area contributed by atoms with E-state index < -0.39 is 11.4 Å². The first-order valence-corrected chi connectivity index (χ1v) is 8.95. The number of carbonyl (C=O) groups excluding carboxylic acids is 1. The molecule has 2 aromatic rings. The molecule has 0 aliphatic carbocycles. The molecule has 2 fully saturated rings. The number of hydrogen-bond acceptors (Lipinski definition) is 4. The third-order valence-corrected chi connectivity index (χ3v) is 5.26. The molecule has 2 aliphatic heterocycles. The molecule has 3 heterocycles. The predicted octanol–water partition coefficient (Wildman–Crippen LogP) is 2.60. The van der Waals surface area contributed by atoms with Crippen molar-refractivity contribution < 1.29 is 23.0 Å². The minimum absolute atomic E-state index is 0.0158. The monoisotopic (exact) mass is 374 g/mol. The van der Waals surface area contributed by atoms with Crippen LogP contribution in [0.4, 0.5) is 8.78 Å². The molecule has 1 unspecified atom stereocenters. The van der Waals surface area contributed by atoms with E-state index in [1.54, 1.807) is 17.0 Å². The lowest BCUT2D eigenvalue weighted by Crippen LogP contribution is -2.67. The highest BCUT2D eigenvalue weighted by atomic mass is 19.1. The summed E-state index contributed by atoms with van der Waals surface area (Å²) < 4.78 is 38.4. The van der Waals surface area contributed by atoms with Gasteiger partial charge in [0.05, 0.1) is 26.1 Å². The molecule has 2 aliphatic rings. The zero-order chi connectivity index (χ0) is 18.9. The Kier molecular flexibility index (Phi) is 4.78. The van der Waals surface area contributed by atoms with Gasteiger partial charge in [-0.05, 0) is 36.2 Å². The molecule has 4 rings (SSSR count). The number of carbonyl (C=O) groups is 1. The molecule has 1 aromatic heterocycles. The Balaban J connectivity index is 1.33. The van der Waals surface area contributed by atoms with Crippen molar-refractivity contribution in [3.05, 3.63) is 59.8 Å². The molecule has 1 spiro atoms. The predicted molar refractivity (Wildman–Crippen MR) is 93.2 cm³/mol. The van der Waals surface area contributed by atoms with Crippen molar-refractivity contribution in [1.82, 2.24) is 9.88 Å². The Labute approximate surface area is 155 Å². The molecule has 142 valence electrons. The maximum atomic E-state index is 13.7. The third-order valence-electron chi connectivity index (χ3n) is 5.26. The first kappa shape index (κ1) is 17.9. The van der Waals surface area contributed by atoms with Crippen LogP contribution >= 0.6 is 0 Å². The van der Waals surface area contributed by atoms with Crippen molar-refractivity contribution in [2.75, 3.05) is 26.3 Å². The second-order valence-corrected chi connectivity index (χ2v) is 7.06. The quantitative estimate of drug-likeness (QED) is 0.807. The molecule has 27 heavy (non-hydrogen) atoms. The molecule has 0 saturated carbocycles. The summed E-state index contributed by atoms with van der Waals surface area (Å²) in [5.41, 5.74) is 0.210. The van der Waals surface area contributed by atoms with Gasteiger partial charge in [-0.1, -0.05) is 12.1 Å². The van der Waals surface area contributed by atoms with Crippen LogP contribution in [0.1, 0.15) is 12.0 Å². The Hall–Kier alpha value is -2.54. The highest BCUT2D eigenvalue weighted by Gasteiger charge is 2.54. The number of nitrogens with zero attached hydrogens (tertiary/aromatic N) is 2. The van der Waals surface area contributed by atoms with E-state index in [9.17, 15) is 13.6 Å². The Morgan fingerprint density at radius 2 is 2.15 bits per heavy atom. The highest BCUT2D eigenvalue weighted by Crippen LogP contribution is 2.40.